The van der Waals surface area contributed by atoms with E-state index in [1.807, 2.05) is 0 Å². The Hall–Kier alpha value is -1.75. The zero-order valence-corrected chi connectivity index (χ0v) is 26.5. The van der Waals surface area contributed by atoms with Crippen LogP contribution in [-0.2, 0) is 9.53 Å². The number of hydrogen-bond donors (Lipinski definition) is 3. The van der Waals surface area contributed by atoms with Crippen LogP contribution in [-0.4, -0.2) is 17.2 Å². The van der Waals surface area contributed by atoms with Crippen LogP contribution in [0.5, 0.6) is 0 Å². The van der Waals surface area contributed by atoms with Crippen LogP contribution in [0, 0.1) is 52.3 Å². The molecule has 41 heavy (non-hydrogen) atoms. The van der Waals surface area contributed by atoms with Crippen molar-refractivity contribution in [2.24, 2.45) is 52.3 Å². The lowest BCUT2D eigenvalue weighted by atomic mass is 9.44. The molecule has 1 aromatic rings. The average Bonchev–Trinajstić information content (AvgIpc) is 3.26. The third-order valence-corrected chi connectivity index (χ3v) is 13.0. The molecule has 5 nitrogen and oxygen atoms in total. The number of carbonyl (C=O) groups is 1. The Morgan fingerprint density at radius 1 is 1.00 bits per heavy atom. The van der Waals surface area contributed by atoms with Crippen LogP contribution in [0.15, 0.2) is 18.2 Å². The summed E-state index contributed by atoms with van der Waals surface area (Å²) in [6, 6.07) is 5.06. The van der Waals surface area contributed by atoms with Gasteiger partial charge in [0.25, 0.3) is 0 Å². The Morgan fingerprint density at radius 3 is 2.51 bits per heavy atom. The number of aliphatic hydroxyl groups is 1. The molecule has 5 rings (SSSR count). The normalized spacial score (nSPS) is 38.0. The second-order valence-corrected chi connectivity index (χ2v) is 15.6. The van der Waals surface area contributed by atoms with Crippen LogP contribution >= 0.6 is 0 Å². The predicted octanol–water partition coefficient (Wildman–Crippen LogP) is 8.31. The summed E-state index contributed by atoms with van der Waals surface area (Å²) in [6.07, 6.45) is 14.3. The molecule has 4 aliphatic rings. The highest BCUT2D eigenvalue weighted by atomic mass is 16.5. The highest BCUT2D eigenvalue weighted by Gasteiger charge is 2.62. The summed E-state index contributed by atoms with van der Waals surface area (Å²) in [6.45, 7) is 12.4. The summed E-state index contributed by atoms with van der Waals surface area (Å²) in [5, 5.41) is 10.8. The van der Waals surface area contributed by atoms with E-state index in [2.05, 4.69) is 34.6 Å². The molecule has 0 bridgehead atoms. The van der Waals surface area contributed by atoms with Gasteiger partial charge in [-0.15, -0.1) is 0 Å². The van der Waals surface area contributed by atoms with Crippen molar-refractivity contribution in [1.29, 1.82) is 0 Å². The first kappa shape index (κ1) is 30.7. The first-order valence-electron chi connectivity index (χ1n) is 17.0. The SMILES string of the molecule is CC(C)CCC[C@@H](C)[C@H]1CC[C@H]2[C@@H]3CCC4CCCC(OC(=O)CC(O)c5ccc(N)cc5N)[C@]4(C)[C@H]3CC[C@]12C. The summed E-state index contributed by atoms with van der Waals surface area (Å²) in [7, 11) is 0. The minimum Gasteiger partial charge on any atom is -0.462 e. The number of nitrogens with two attached hydrogens (primary N) is 2. The fourth-order valence-electron chi connectivity index (χ4n) is 10.9. The lowest BCUT2D eigenvalue weighted by Gasteiger charge is -2.62. The van der Waals surface area contributed by atoms with Crippen LogP contribution < -0.4 is 11.5 Å². The molecular formula is C36H58N2O3. The van der Waals surface area contributed by atoms with E-state index in [0.29, 0.717) is 34.2 Å². The van der Waals surface area contributed by atoms with Crippen molar-refractivity contribution < 1.29 is 14.6 Å². The zero-order chi connectivity index (χ0) is 29.5. The Bertz CT molecular complexity index is 1070. The quantitative estimate of drug-likeness (QED) is 0.206. The monoisotopic (exact) mass is 566 g/mol. The predicted molar refractivity (Wildman–Crippen MR) is 168 cm³/mol. The van der Waals surface area contributed by atoms with Crippen LogP contribution in [0.4, 0.5) is 11.4 Å². The number of rotatable bonds is 9. The molecule has 5 heteroatoms. The van der Waals surface area contributed by atoms with Crippen LogP contribution in [0.1, 0.15) is 130 Å². The molecule has 0 heterocycles. The van der Waals surface area contributed by atoms with E-state index in [0.717, 1.165) is 42.4 Å². The van der Waals surface area contributed by atoms with Gasteiger partial charge in [-0.2, -0.15) is 0 Å². The van der Waals surface area contributed by atoms with Crippen molar-refractivity contribution in [3.05, 3.63) is 23.8 Å². The average molecular weight is 567 g/mol. The van der Waals surface area contributed by atoms with Gasteiger partial charge in [-0.05, 0) is 117 Å². The van der Waals surface area contributed by atoms with Crippen LogP contribution in [0.3, 0.4) is 0 Å². The molecular weight excluding hydrogens is 508 g/mol. The van der Waals surface area contributed by atoms with Gasteiger partial charge in [-0.3, -0.25) is 4.79 Å². The van der Waals surface area contributed by atoms with Gasteiger partial charge >= 0.3 is 5.97 Å². The number of carbonyl (C=O) groups excluding carboxylic acids is 1. The molecule has 4 aliphatic carbocycles. The maximum Gasteiger partial charge on any atom is 0.309 e. The molecule has 5 N–H and O–H groups in total. The molecule has 10 atom stereocenters. The highest BCUT2D eigenvalue weighted by molar-refractivity contribution is 5.71. The zero-order valence-electron chi connectivity index (χ0n) is 26.5. The molecule has 0 aromatic heterocycles. The molecule has 0 aliphatic heterocycles. The van der Waals surface area contributed by atoms with Crippen molar-refractivity contribution in [1.82, 2.24) is 0 Å². The number of anilines is 2. The van der Waals surface area contributed by atoms with Gasteiger partial charge < -0.3 is 21.3 Å². The number of nitrogen functional groups attached to an aromatic ring is 2. The fourth-order valence-corrected chi connectivity index (χ4v) is 10.9. The molecule has 0 amide bonds. The van der Waals surface area contributed by atoms with Gasteiger partial charge in [0.05, 0.1) is 12.5 Å². The van der Waals surface area contributed by atoms with Crippen LogP contribution in [0.25, 0.3) is 0 Å². The van der Waals surface area contributed by atoms with E-state index >= 15 is 0 Å². The van der Waals surface area contributed by atoms with E-state index in [1.165, 1.54) is 64.2 Å². The van der Waals surface area contributed by atoms with Crippen molar-refractivity contribution in [2.75, 3.05) is 11.5 Å². The number of aliphatic hydroxyl groups excluding tert-OH is 1. The lowest BCUT2D eigenvalue weighted by molar-refractivity contribution is -0.193. The molecule has 4 saturated carbocycles. The third kappa shape index (κ3) is 5.78. The Morgan fingerprint density at radius 2 is 1.78 bits per heavy atom. The number of esters is 1. The van der Waals surface area contributed by atoms with Gasteiger partial charge in [0.1, 0.15) is 6.10 Å². The maximum atomic E-state index is 13.3. The molecule has 0 radical (unpaired) electrons. The van der Waals surface area contributed by atoms with E-state index in [4.69, 9.17) is 16.2 Å². The first-order valence-corrected chi connectivity index (χ1v) is 17.0. The van der Waals surface area contributed by atoms with Crippen molar-refractivity contribution in [3.8, 4) is 0 Å². The van der Waals surface area contributed by atoms with Gasteiger partial charge in [0, 0.05) is 22.4 Å². The smallest absolute Gasteiger partial charge is 0.309 e. The summed E-state index contributed by atoms with van der Waals surface area (Å²) in [4.78, 5) is 13.3. The van der Waals surface area contributed by atoms with E-state index in [9.17, 15) is 9.90 Å². The number of hydrogen-bond acceptors (Lipinski definition) is 5. The molecule has 0 spiro atoms. The molecule has 4 fully saturated rings. The van der Waals surface area contributed by atoms with Gasteiger partial charge in [-0.1, -0.05) is 59.9 Å². The number of fused-ring (bicyclic) bond motifs is 5. The van der Waals surface area contributed by atoms with Gasteiger partial charge in [0.15, 0.2) is 0 Å². The maximum absolute atomic E-state index is 13.3. The Kier molecular flexibility index (Phi) is 9.05. The highest BCUT2D eigenvalue weighted by Crippen LogP contribution is 2.68. The number of ether oxygens (including phenoxy) is 1. The standard InChI is InChI=1S/C36H58N2O3/c1-22(2)8-6-9-23(3)28-16-17-29-26-14-12-24-10-7-11-33(36(24,5)30(26)18-19-35(28,29)4)41-34(40)21-32(39)27-15-13-25(37)20-31(27)38/h13,15,20,22-24,26,28-30,32-33,39H,6-12,14,16-19,21,37-38H2,1-5H3/t23-,24?,26+,28-,29+,30+,32?,33?,35-,36+/m1/s1. The lowest BCUT2D eigenvalue weighted by Crippen LogP contribution is -2.58. The Balaban J connectivity index is 1.28. The first-order chi connectivity index (χ1) is 19.4. The minimum atomic E-state index is -0.984. The van der Waals surface area contributed by atoms with Gasteiger partial charge in [-0.25, -0.2) is 0 Å². The third-order valence-electron chi connectivity index (χ3n) is 13.0. The largest absolute Gasteiger partial charge is 0.462 e. The fraction of sp³-hybridized carbons (Fsp3) is 0.806. The Labute approximate surface area is 249 Å². The summed E-state index contributed by atoms with van der Waals surface area (Å²) >= 11 is 0. The van der Waals surface area contributed by atoms with Crippen molar-refractivity contribution in [2.45, 2.75) is 130 Å². The summed E-state index contributed by atoms with van der Waals surface area (Å²) in [5.74, 6) is 4.99. The number of benzene rings is 1. The van der Waals surface area contributed by atoms with Gasteiger partial charge in [0.2, 0.25) is 0 Å². The van der Waals surface area contributed by atoms with Crippen LogP contribution in [0.2, 0.25) is 0 Å². The molecule has 0 saturated heterocycles. The van der Waals surface area contributed by atoms with Crippen molar-refractivity contribution >= 4 is 17.3 Å². The van der Waals surface area contributed by atoms with E-state index in [-0.39, 0.29) is 23.9 Å². The molecule has 3 unspecified atom stereocenters. The van der Waals surface area contributed by atoms with E-state index < -0.39 is 6.10 Å². The second kappa shape index (κ2) is 12.1. The molecule has 230 valence electrons. The summed E-state index contributed by atoms with van der Waals surface area (Å²) < 4.78 is 6.36. The minimum absolute atomic E-state index is 0.0320. The van der Waals surface area contributed by atoms with Crippen molar-refractivity contribution in [3.63, 3.8) is 0 Å². The second-order valence-electron chi connectivity index (χ2n) is 15.6. The molecule has 1 aromatic carbocycles. The topological polar surface area (TPSA) is 98.6 Å². The van der Waals surface area contributed by atoms with E-state index in [1.54, 1.807) is 18.2 Å². The summed E-state index contributed by atoms with van der Waals surface area (Å²) in [5.41, 5.74) is 13.9.